The molecule has 3 aromatic rings. The van der Waals surface area contributed by atoms with E-state index in [9.17, 15) is 9.59 Å². The molecule has 6 nitrogen and oxygen atoms in total. The van der Waals surface area contributed by atoms with Crippen LogP contribution in [0.4, 0.5) is 0 Å². The fraction of sp³-hybridized carbons (Fsp3) is 0.273. The molecule has 8 heteroatoms. The van der Waals surface area contributed by atoms with Crippen LogP contribution in [0, 0.1) is 6.92 Å². The summed E-state index contributed by atoms with van der Waals surface area (Å²) in [4.78, 5) is 36.5. The average Bonchev–Trinajstić information content (AvgIpc) is 3.28. The van der Waals surface area contributed by atoms with Gasteiger partial charge < -0.3 is 10.2 Å². The van der Waals surface area contributed by atoms with Gasteiger partial charge in [-0.05, 0) is 31.4 Å². The van der Waals surface area contributed by atoms with E-state index >= 15 is 0 Å². The highest BCUT2D eigenvalue weighted by Crippen LogP contribution is 2.21. The molecule has 2 aromatic heterocycles. The van der Waals surface area contributed by atoms with Crippen molar-refractivity contribution in [3.63, 3.8) is 0 Å². The van der Waals surface area contributed by atoms with E-state index in [2.05, 4.69) is 15.3 Å². The number of rotatable bonds is 9. The number of thiophene rings is 1. The van der Waals surface area contributed by atoms with Gasteiger partial charge in [0.15, 0.2) is 5.16 Å². The molecule has 2 heterocycles. The van der Waals surface area contributed by atoms with Gasteiger partial charge in [0, 0.05) is 22.7 Å². The fourth-order valence-electron chi connectivity index (χ4n) is 2.78. The van der Waals surface area contributed by atoms with Crippen molar-refractivity contribution in [2.24, 2.45) is 0 Å². The van der Waals surface area contributed by atoms with E-state index in [1.165, 1.54) is 11.8 Å². The van der Waals surface area contributed by atoms with Crippen molar-refractivity contribution >= 4 is 34.9 Å². The van der Waals surface area contributed by atoms with Gasteiger partial charge in [0.25, 0.3) is 0 Å². The number of benzene rings is 1. The number of nitrogens with zero attached hydrogens (tertiary/aromatic N) is 3. The summed E-state index contributed by atoms with van der Waals surface area (Å²) in [5.74, 6) is -0.0918. The Kier molecular flexibility index (Phi) is 7.98. The van der Waals surface area contributed by atoms with Gasteiger partial charge in [-0.15, -0.1) is 11.3 Å². The van der Waals surface area contributed by atoms with Gasteiger partial charge in [-0.1, -0.05) is 48.2 Å². The van der Waals surface area contributed by atoms with E-state index in [-0.39, 0.29) is 24.1 Å². The molecule has 0 saturated carbocycles. The lowest BCUT2D eigenvalue weighted by atomic mass is 10.1. The molecule has 1 aromatic carbocycles. The maximum absolute atomic E-state index is 12.6. The van der Waals surface area contributed by atoms with Crippen LogP contribution >= 0.6 is 23.1 Å². The molecule has 1 N–H and O–H groups in total. The van der Waals surface area contributed by atoms with Crippen LogP contribution in [0.5, 0.6) is 0 Å². The highest BCUT2D eigenvalue weighted by molar-refractivity contribution is 7.99. The number of amides is 2. The van der Waals surface area contributed by atoms with Crippen molar-refractivity contribution < 1.29 is 9.59 Å². The fourth-order valence-corrected chi connectivity index (χ4v) is 4.24. The van der Waals surface area contributed by atoms with E-state index in [4.69, 9.17) is 0 Å². The third kappa shape index (κ3) is 6.40. The Bertz CT molecular complexity index is 978. The first kappa shape index (κ1) is 22.0. The molecule has 0 atom stereocenters. The van der Waals surface area contributed by atoms with E-state index in [1.807, 2.05) is 67.8 Å². The van der Waals surface area contributed by atoms with Crippen molar-refractivity contribution in [3.8, 4) is 11.3 Å². The monoisotopic (exact) mass is 440 g/mol. The SMILES string of the molecule is CCN(CC(=O)NCc1cccs1)C(=O)CSc1nc(C)cc(-c2ccccc2)n1. The number of carbonyl (C=O) groups is 2. The molecule has 0 radical (unpaired) electrons. The quantitative estimate of drug-likeness (QED) is 0.405. The number of aromatic nitrogens is 2. The van der Waals surface area contributed by atoms with Gasteiger partial charge in [0.2, 0.25) is 11.8 Å². The molecule has 0 bridgehead atoms. The van der Waals surface area contributed by atoms with Crippen LogP contribution in [0.25, 0.3) is 11.3 Å². The highest BCUT2D eigenvalue weighted by atomic mass is 32.2. The zero-order valence-corrected chi connectivity index (χ0v) is 18.6. The Morgan fingerprint density at radius 1 is 1.13 bits per heavy atom. The number of aryl methyl sites for hydroxylation is 1. The Morgan fingerprint density at radius 3 is 2.63 bits per heavy atom. The molecule has 0 aliphatic rings. The molecule has 0 aliphatic carbocycles. The summed E-state index contributed by atoms with van der Waals surface area (Å²) in [6.45, 7) is 4.78. The van der Waals surface area contributed by atoms with Crippen LogP contribution in [-0.2, 0) is 16.1 Å². The summed E-state index contributed by atoms with van der Waals surface area (Å²) in [5, 5.41) is 5.38. The second-order valence-corrected chi connectivity index (χ2v) is 8.57. The summed E-state index contributed by atoms with van der Waals surface area (Å²) in [6, 6.07) is 15.7. The minimum Gasteiger partial charge on any atom is -0.350 e. The number of hydrogen-bond donors (Lipinski definition) is 1. The lowest BCUT2D eigenvalue weighted by Crippen LogP contribution is -2.41. The zero-order valence-electron chi connectivity index (χ0n) is 17.0. The third-order valence-corrected chi connectivity index (χ3v) is 6.05. The summed E-state index contributed by atoms with van der Waals surface area (Å²) in [5.41, 5.74) is 2.69. The second kappa shape index (κ2) is 10.9. The van der Waals surface area contributed by atoms with Crippen molar-refractivity contribution in [1.82, 2.24) is 20.2 Å². The minimum absolute atomic E-state index is 0.0468. The van der Waals surface area contributed by atoms with E-state index in [1.54, 1.807) is 16.2 Å². The topological polar surface area (TPSA) is 75.2 Å². The molecular formula is C22H24N4O2S2. The van der Waals surface area contributed by atoms with Crippen molar-refractivity contribution in [3.05, 3.63) is 64.5 Å². The van der Waals surface area contributed by atoms with Gasteiger partial charge in [-0.25, -0.2) is 9.97 Å². The van der Waals surface area contributed by atoms with Crippen LogP contribution in [0.2, 0.25) is 0 Å². The maximum Gasteiger partial charge on any atom is 0.239 e. The molecule has 3 rings (SSSR count). The third-order valence-electron chi connectivity index (χ3n) is 4.34. The smallest absolute Gasteiger partial charge is 0.239 e. The van der Waals surface area contributed by atoms with Crippen molar-refractivity contribution in [2.75, 3.05) is 18.8 Å². The van der Waals surface area contributed by atoms with Crippen molar-refractivity contribution in [2.45, 2.75) is 25.5 Å². The van der Waals surface area contributed by atoms with E-state index in [0.717, 1.165) is 21.8 Å². The number of likely N-dealkylation sites (N-methyl/N-ethyl adjacent to an activating group) is 1. The zero-order chi connectivity index (χ0) is 21.3. The summed E-state index contributed by atoms with van der Waals surface area (Å²) < 4.78 is 0. The molecule has 2 amide bonds. The first-order chi connectivity index (χ1) is 14.5. The predicted molar refractivity (Wildman–Crippen MR) is 121 cm³/mol. The molecule has 0 aliphatic heterocycles. The highest BCUT2D eigenvalue weighted by Gasteiger charge is 2.17. The van der Waals surface area contributed by atoms with E-state index in [0.29, 0.717) is 18.2 Å². The Hall–Kier alpha value is -2.71. The Labute approximate surface area is 184 Å². The van der Waals surface area contributed by atoms with Gasteiger partial charge in [-0.3, -0.25) is 9.59 Å². The lowest BCUT2D eigenvalue weighted by molar-refractivity contribution is -0.133. The standard InChI is InChI=1S/C22H24N4O2S2/c1-3-26(14-20(27)23-13-18-10-7-11-29-18)21(28)15-30-22-24-16(2)12-19(25-22)17-8-5-4-6-9-17/h4-12H,3,13-15H2,1-2H3,(H,23,27). The van der Waals surface area contributed by atoms with Crippen LogP contribution in [-0.4, -0.2) is 45.5 Å². The van der Waals surface area contributed by atoms with Gasteiger partial charge in [0.1, 0.15) is 0 Å². The molecular weight excluding hydrogens is 416 g/mol. The predicted octanol–water partition coefficient (Wildman–Crippen LogP) is 3.77. The van der Waals surface area contributed by atoms with E-state index < -0.39 is 0 Å². The van der Waals surface area contributed by atoms with Crippen LogP contribution in [0.3, 0.4) is 0 Å². The summed E-state index contributed by atoms with van der Waals surface area (Å²) >= 11 is 2.88. The van der Waals surface area contributed by atoms with Gasteiger partial charge in [0.05, 0.1) is 24.5 Å². The lowest BCUT2D eigenvalue weighted by Gasteiger charge is -2.20. The summed E-state index contributed by atoms with van der Waals surface area (Å²) in [6.07, 6.45) is 0. The normalized spacial score (nSPS) is 10.6. The molecule has 0 spiro atoms. The minimum atomic E-state index is -0.165. The maximum atomic E-state index is 12.6. The van der Waals surface area contributed by atoms with Crippen LogP contribution in [0.15, 0.2) is 59.1 Å². The first-order valence-electron chi connectivity index (χ1n) is 9.66. The number of thioether (sulfide) groups is 1. The molecule has 0 unspecified atom stereocenters. The largest absolute Gasteiger partial charge is 0.350 e. The van der Waals surface area contributed by atoms with Crippen LogP contribution < -0.4 is 5.32 Å². The molecule has 0 fully saturated rings. The molecule has 0 saturated heterocycles. The molecule has 156 valence electrons. The average molecular weight is 441 g/mol. The second-order valence-electron chi connectivity index (χ2n) is 6.60. The van der Waals surface area contributed by atoms with Crippen molar-refractivity contribution in [1.29, 1.82) is 0 Å². The van der Waals surface area contributed by atoms with Gasteiger partial charge >= 0.3 is 0 Å². The number of nitrogens with one attached hydrogen (secondary N) is 1. The summed E-state index contributed by atoms with van der Waals surface area (Å²) in [7, 11) is 0. The first-order valence-corrected chi connectivity index (χ1v) is 11.5. The Morgan fingerprint density at radius 2 is 1.93 bits per heavy atom. The Balaban J connectivity index is 1.55. The van der Waals surface area contributed by atoms with Crippen LogP contribution in [0.1, 0.15) is 17.5 Å². The molecule has 30 heavy (non-hydrogen) atoms. The number of carbonyl (C=O) groups excluding carboxylic acids is 2. The number of hydrogen-bond acceptors (Lipinski definition) is 6. The van der Waals surface area contributed by atoms with Gasteiger partial charge in [-0.2, -0.15) is 0 Å².